The number of anilines is 1. The van der Waals surface area contributed by atoms with Crippen molar-refractivity contribution in [3.63, 3.8) is 0 Å². The molecule has 0 aliphatic carbocycles. The Kier molecular flexibility index (Phi) is 7.73. The number of aromatic nitrogens is 2. The molecule has 1 aromatic heterocycles. The van der Waals surface area contributed by atoms with Crippen molar-refractivity contribution in [2.45, 2.75) is 18.1 Å². The molecule has 0 aliphatic rings. The summed E-state index contributed by atoms with van der Waals surface area (Å²) >= 11 is 7.22. The predicted molar refractivity (Wildman–Crippen MR) is 120 cm³/mol. The highest BCUT2D eigenvalue weighted by molar-refractivity contribution is 7.99. The summed E-state index contributed by atoms with van der Waals surface area (Å²) in [6, 6.07) is 12.2. The fraction of sp³-hybridized carbons (Fsp3) is 0.286. The molecule has 0 bridgehead atoms. The van der Waals surface area contributed by atoms with Gasteiger partial charge in [0.1, 0.15) is 5.75 Å². The third-order valence-electron chi connectivity index (χ3n) is 4.32. The maximum atomic E-state index is 12.9. The van der Waals surface area contributed by atoms with Gasteiger partial charge in [0.2, 0.25) is 5.91 Å². The van der Waals surface area contributed by atoms with Crippen LogP contribution in [0.15, 0.2) is 52.4 Å². The van der Waals surface area contributed by atoms with Crippen LogP contribution in [0.5, 0.6) is 5.75 Å². The Morgan fingerprint density at radius 1 is 1.23 bits per heavy atom. The molecule has 0 atom stereocenters. The van der Waals surface area contributed by atoms with Crippen LogP contribution in [0.25, 0.3) is 10.9 Å². The summed E-state index contributed by atoms with van der Waals surface area (Å²) in [5.41, 5.74) is 0.959. The van der Waals surface area contributed by atoms with E-state index in [2.05, 4.69) is 10.3 Å². The van der Waals surface area contributed by atoms with Gasteiger partial charge in [-0.1, -0.05) is 35.5 Å². The summed E-state index contributed by atoms with van der Waals surface area (Å²) in [4.78, 5) is 30.1. The number of nitrogens with one attached hydrogen (secondary N) is 1. The van der Waals surface area contributed by atoms with Crippen molar-refractivity contribution in [1.29, 1.82) is 0 Å². The molecule has 0 unspecified atom stereocenters. The Hall–Kier alpha value is -2.55. The molecule has 0 saturated heterocycles. The maximum absolute atomic E-state index is 12.9. The molecular weight excluding hydrogens is 426 g/mol. The molecule has 7 nitrogen and oxygen atoms in total. The van der Waals surface area contributed by atoms with Crippen molar-refractivity contribution < 1.29 is 14.3 Å². The summed E-state index contributed by atoms with van der Waals surface area (Å²) in [5.74, 6) is 0.328. The van der Waals surface area contributed by atoms with Crippen molar-refractivity contribution in [1.82, 2.24) is 9.55 Å². The van der Waals surface area contributed by atoms with Crippen LogP contribution in [0.3, 0.4) is 0 Å². The molecule has 0 radical (unpaired) electrons. The van der Waals surface area contributed by atoms with Crippen LogP contribution in [-0.2, 0) is 16.1 Å². The Morgan fingerprint density at radius 3 is 2.80 bits per heavy atom. The van der Waals surface area contributed by atoms with E-state index in [1.165, 1.54) is 18.9 Å². The number of hydrogen-bond donors (Lipinski definition) is 1. The summed E-state index contributed by atoms with van der Waals surface area (Å²) in [6.07, 6.45) is 0.663. The number of hydrogen-bond acceptors (Lipinski definition) is 6. The van der Waals surface area contributed by atoms with E-state index < -0.39 is 0 Å². The molecule has 3 aromatic rings. The van der Waals surface area contributed by atoms with E-state index in [0.29, 0.717) is 52.1 Å². The van der Waals surface area contributed by atoms with Crippen molar-refractivity contribution in [3.8, 4) is 5.75 Å². The summed E-state index contributed by atoms with van der Waals surface area (Å²) in [5, 5.41) is 4.32. The van der Waals surface area contributed by atoms with Crippen LogP contribution in [-0.4, -0.2) is 42.0 Å². The van der Waals surface area contributed by atoms with Gasteiger partial charge in [0.05, 0.1) is 29.5 Å². The topological polar surface area (TPSA) is 82.4 Å². The van der Waals surface area contributed by atoms with Gasteiger partial charge in [-0.05, 0) is 36.8 Å². The number of rotatable bonds is 9. The number of benzene rings is 2. The van der Waals surface area contributed by atoms with E-state index in [0.717, 1.165) is 0 Å². The Balaban J connectivity index is 1.80. The molecule has 0 saturated carbocycles. The number of carbonyl (C=O) groups excluding carboxylic acids is 1. The highest BCUT2D eigenvalue weighted by atomic mass is 35.5. The van der Waals surface area contributed by atoms with Gasteiger partial charge < -0.3 is 14.8 Å². The minimum atomic E-state index is -0.258. The lowest BCUT2D eigenvalue weighted by atomic mass is 10.2. The zero-order chi connectivity index (χ0) is 21.5. The van der Waals surface area contributed by atoms with Crippen LogP contribution >= 0.6 is 23.4 Å². The highest BCUT2D eigenvalue weighted by Gasteiger charge is 2.14. The fourth-order valence-electron chi connectivity index (χ4n) is 2.92. The lowest BCUT2D eigenvalue weighted by Crippen LogP contribution is -2.25. The van der Waals surface area contributed by atoms with Crippen LogP contribution < -0.4 is 15.6 Å². The lowest BCUT2D eigenvalue weighted by Gasteiger charge is -2.13. The standard InChI is InChI=1S/C21H22ClN3O4S/c1-28-11-5-10-25-20(27)15-6-3-4-7-16(15)24-21(25)30-13-19(26)23-17-12-14(22)8-9-18(17)29-2/h3-4,6-9,12H,5,10-11,13H2,1-2H3,(H,23,26). The zero-order valence-electron chi connectivity index (χ0n) is 16.7. The fourth-order valence-corrected chi connectivity index (χ4v) is 3.91. The number of para-hydroxylation sites is 1. The molecule has 1 heterocycles. The second kappa shape index (κ2) is 10.5. The van der Waals surface area contributed by atoms with E-state index in [4.69, 9.17) is 21.1 Å². The minimum Gasteiger partial charge on any atom is -0.495 e. The van der Waals surface area contributed by atoms with Crippen LogP contribution in [0.1, 0.15) is 6.42 Å². The van der Waals surface area contributed by atoms with E-state index >= 15 is 0 Å². The van der Waals surface area contributed by atoms with Crippen LogP contribution in [0.2, 0.25) is 5.02 Å². The third kappa shape index (κ3) is 5.33. The first-order valence-electron chi connectivity index (χ1n) is 9.28. The van der Waals surface area contributed by atoms with Gasteiger partial charge in [0.25, 0.3) is 5.56 Å². The van der Waals surface area contributed by atoms with Crippen LogP contribution in [0, 0.1) is 0 Å². The zero-order valence-corrected chi connectivity index (χ0v) is 18.3. The predicted octanol–water partition coefficient (Wildman–Crippen LogP) is 3.83. The van der Waals surface area contributed by atoms with Gasteiger partial charge in [-0.15, -0.1) is 0 Å². The van der Waals surface area contributed by atoms with Gasteiger partial charge in [-0.25, -0.2) is 4.98 Å². The Morgan fingerprint density at radius 2 is 2.03 bits per heavy atom. The largest absolute Gasteiger partial charge is 0.495 e. The molecule has 158 valence electrons. The van der Waals surface area contributed by atoms with Crippen molar-refractivity contribution in [3.05, 3.63) is 57.8 Å². The summed E-state index contributed by atoms with van der Waals surface area (Å²) in [6.45, 7) is 0.981. The van der Waals surface area contributed by atoms with Gasteiger partial charge >= 0.3 is 0 Å². The maximum Gasteiger partial charge on any atom is 0.262 e. The minimum absolute atomic E-state index is 0.0741. The summed E-state index contributed by atoms with van der Waals surface area (Å²) < 4.78 is 11.9. The third-order valence-corrected chi connectivity index (χ3v) is 5.54. The molecule has 0 spiro atoms. The second-order valence-electron chi connectivity index (χ2n) is 6.40. The number of thioether (sulfide) groups is 1. The molecule has 1 amide bonds. The van der Waals surface area contributed by atoms with Crippen LogP contribution in [0.4, 0.5) is 5.69 Å². The van der Waals surface area contributed by atoms with E-state index in [1.807, 2.05) is 12.1 Å². The number of carbonyl (C=O) groups is 1. The first kappa shape index (κ1) is 22.1. The number of amides is 1. The SMILES string of the molecule is COCCCn1c(SCC(=O)Nc2cc(Cl)ccc2OC)nc2ccccc2c1=O. The number of halogens is 1. The van der Waals surface area contributed by atoms with Gasteiger partial charge in [-0.3, -0.25) is 14.2 Å². The molecule has 30 heavy (non-hydrogen) atoms. The average Bonchev–Trinajstić information content (AvgIpc) is 2.74. The van der Waals surface area contributed by atoms with E-state index in [-0.39, 0.29) is 17.2 Å². The first-order chi connectivity index (χ1) is 14.5. The molecule has 2 aromatic carbocycles. The normalized spacial score (nSPS) is 10.9. The highest BCUT2D eigenvalue weighted by Crippen LogP contribution is 2.28. The molecule has 9 heteroatoms. The monoisotopic (exact) mass is 447 g/mol. The second-order valence-corrected chi connectivity index (χ2v) is 7.78. The van der Waals surface area contributed by atoms with Gasteiger partial charge in [0.15, 0.2) is 5.16 Å². The van der Waals surface area contributed by atoms with Crippen molar-refractivity contribution in [2.75, 3.05) is 31.9 Å². The number of fused-ring (bicyclic) bond motifs is 1. The van der Waals surface area contributed by atoms with E-state index in [1.54, 1.807) is 42.0 Å². The number of nitrogens with zero attached hydrogens (tertiary/aromatic N) is 2. The smallest absolute Gasteiger partial charge is 0.262 e. The Bertz CT molecular complexity index is 1100. The molecule has 1 N–H and O–H groups in total. The first-order valence-corrected chi connectivity index (χ1v) is 10.6. The van der Waals surface area contributed by atoms with Gasteiger partial charge in [0, 0.05) is 25.3 Å². The molecule has 0 aliphatic heterocycles. The van der Waals surface area contributed by atoms with Gasteiger partial charge in [-0.2, -0.15) is 0 Å². The molecular formula is C21H22ClN3O4S. The average molecular weight is 448 g/mol. The molecule has 3 rings (SSSR count). The Labute approximate surface area is 183 Å². The van der Waals surface area contributed by atoms with E-state index in [9.17, 15) is 9.59 Å². The lowest BCUT2D eigenvalue weighted by molar-refractivity contribution is -0.113. The number of ether oxygens (including phenoxy) is 2. The van der Waals surface area contributed by atoms with Crippen molar-refractivity contribution in [2.24, 2.45) is 0 Å². The number of methoxy groups -OCH3 is 2. The summed E-state index contributed by atoms with van der Waals surface area (Å²) in [7, 11) is 3.14. The quantitative estimate of drug-likeness (QED) is 0.305. The molecule has 0 fully saturated rings. The van der Waals surface area contributed by atoms with Crippen molar-refractivity contribution >= 4 is 45.9 Å².